The summed E-state index contributed by atoms with van der Waals surface area (Å²) >= 11 is 0. The third-order valence-electron chi connectivity index (χ3n) is 2.31. The number of hydrogen-bond donors (Lipinski definition) is 1. The number of rotatable bonds is 1. The fourth-order valence-electron chi connectivity index (χ4n) is 1.47. The Morgan fingerprint density at radius 2 is 2.25 bits per heavy atom. The molecule has 2 N–H and O–H groups in total. The molecule has 1 unspecified atom stereocenters. The molecule has 1 rings (SSSR count). The topological polar surface area (TPSA) is 63.4 Å². The highest BCUT2D eigenvalue weighted by Gasteiger charge is 2.24. The summed E-state index contributed by atoms with van der Waals surface area (Å²) in [6, 6.07) is 0.0116. The van der Waals surface area contributed by atoms with Crippen LogP contribution < -0.4 is 5.73 Å². The Hall–Kier alpha value is -0.130. The Bertz CT molecular complexity index is 238. The van der Waals surface area contributed by atoms with Crippen LogP contribution in [0, 0.1) is 0 Å². The van der Waals surface area contributed by atoms with E-state index in [2.05, 4.69) is 0 Å². The van der Waals surface area contributed by atoms with Crippen molar-refractivity contribution in [3.05, 3.63) is 0 Å². The lowest BCUT2D eigenvalue weighted by molar-refractivity contribution is 0.272. The van der Waals surface area contributed by atoms with Gasteiger partial charge in [0.25, 0.3) is 0 Å². The first-order valence-corrected chi connectivity index (χ1v) is 5.98. The van der Waals surface area contributed by atoms with Gasteiger partial charge in [-0.3, -0.25) is 0 Å². The number of sulfone groups is 1. The second-order valence-electron chi connectivity index (χ2n) is 3.34. The van der Waals surface area contributed by atoms with Gasteiger partial charge in [-0.1, -0.05) is 0 Å². The van der Waals surface area contributed by atoms with Crippen LogP contribution in [0.4, 0.5) is 0 Å². The Kier molecular flexibility index (Phi) is 3.09. The van der Waals surface area contributed by atoms with Gasteiger partial charge in [-0.15, -0.1) is 0 Å². The molecular formula is C7H16N2O2S. The first kappa shape index (κ1) is 9.95. The van der Waals surface area contributed by atoms with Crippen molar-refractivity contribution in [2.24, 2.45) is 5.73 Å². The molecule has 1 saturated heterocycles. The van der Waals surface area contributed by atoms with E-state index < -0.39 is 9.84 Å². The third-order valence-corrected chi connectivity index (χ3v) is 4.11. The molecule has 72 valence electrons. The van der Waals surface area contributed by atoms with Gasteiger partial charge in [-0.05, 0) is 20.0 Å². The van der Waals surface area contributed by atoms with Gasteiger partial charge in [0, 0.05) is 12.6 Å². The molecular weight excluding hydrogens is 176 g/mol. The maximum Gasteiger partial charge on any atom is 0.151 e. The zero-order chi connectivity index (χ0) is 9.19. The van der Waals surface area contributed by atoms with Crippen molar-refractivity contribution in [2.45, 2.75) is 12.5 Å². The van der Waals surface area contributed by atoms with Crippen LogP contribution in [0.2, 0.25) is 0 Å². The van der Waals surface area contributed by atoms with Gasteiger partial charge in [0.2, 0.25) is 0 Å². The lowest BCUT2D eigenvalue weighted by Gasteiger charge is -2.22. The van der Waals surface area contributed by atoms with Gasteiger partial charge in [-0.2, -0.15) is 0 Å². The van der Waals surface area contributed by atoms with E-state index in [0.717, 1.165) is 13.0 Å². The monoisotopic (exact) mass is 192 g/mol. The number of nitrogens with two attached hydrogens (primary N) is 1. The summed E-state index contributed by atoms with van der Waals surface area (Å²) in [4.78, 5) is 2.03. The van der Waals surface area contributed by atoms with Crippen LogP contribution in [0.5, 0.6) is 0 Å². The van der Waals surface area contributed by atoms with Crippen molar-refractivity contribution in [3.8, 4) is 0 Å². The summed E-state index contributed by atoms with van der Waals surface area (Å²) in [6.45, 7) is 1.26. The first-order chi connectivity index (χ1) is 5.55. The van der Waals surface area contributed by atoms with Gasteiger partial charge in [-0.25, -0.2) is 8.42 Å². The molecule has 0 aromatic heterocycles. The van der Waals surface area contributed by atoms with Crippen molar-refractivity contribution in [2.75, 3.05) is 31.6 Å². The van der Waals surface area contributed by atoms with Gasteiger partial charge in [0.15, 0.2) is 9.84 Å². The van der Waals surface area contributed by atoms with Crippen LogP contribution in [0.15, 0.2) is 0 Å². The van der Waals surface area contributed by atoms with E-state index in [-0.39, 0.29) is 11.8 Å². The molecule has 0 aliphatic carbocycles. The largest absolute Gasteiger partial charge is 0.329 e. The van der Waals surface area contributed by atoms with Crippen molar-refractivity contribution in [1.29, 1.82) is 0 Å². The van der Waals surface area contributed by atoms with E-state index in [9.17, 15) is 8.42 Å². The summed E-state index contributed by atoms with van der Waals surface area (Å²) in [5.41, 5.74) is 5.48. The van der Waals surface area contributed by atoms with Crippen LogP contribution in [0.3, 0.4) is 0 Å². The summed E-state index contributed by atoms with van der Waals surface area (Å²) in [5, 5.41) is 0. The van der Waals surface area contributed by atoms with E-state index in [1.807, 2.05) is 11.9 Å². The molecule has 5 heteroatoms. The molecule has 1 atom stereocenters. The van der Waals surface area contributed by atoms with Crippen LogP contribution in [-0.4, -0.2) is 51.0 Å². The average molecular weight is 192 g/mol. The SMILES string of the molecule is CN1CCCS(=O)(=O)CC1CN. The first-order valence-electron chi connectivity index (χ1n) is 4.16. The van der Waals surface area contributed by atoms with E-state index in [1.165, 1.54) is 0 Å². The van der Waals surface area contributed by atoms with Crippen molar-refractivity contribution in [1.82, 2.24) is 4.90 Å². The molecule has 12 heavy (non-hydrogen) atoms. The highest BCUT2D eigenvalue weighted by Crippen LogP contribution is 2.08. The number of likely N-dealkylation sites (N-methyl/N-ethyl adjacent to an activating group) is 1. The second-order valence-corrected chi connectivity index (χ2v) is 5.57. The molecule has 1 aliphatic heterocycles. The van der Waals surface area contributed by atoms with Gasteiger partial charge >= 0.3 is 0 Å². The zero-order valence-electron chi connectivity index (χ0n) is 7.36. The molecule has 0 aromatic carbocycles. The van der Waals surface area contributed by atoms with Gasteiger partial charge in [0.1, 0.15) is 0 Å². The summed E-state index contributed by atoms with van der Waals surface area (Å²) in [6.07, 6.45) is 0.731. The van der Waals surface area contributed by atoms with Crippen LogP contribution in [-0.2, 0) is 9.84 Å². The van der Waals surface area contributed by atoms with E-state index in [1.54, 1.807) is 0 Å². The average Bonchev–Trinajstić information content (AvgIpc) is 2.10. The summed E-state index contributed by atoms with van der Waals surface area (Å²) in [5.74, 6) is 0.536. The van der Waals surface area contributed by atoms with Crippen LogP contribution in [0.25, 0.3) is 0 Å². The Morgan fingerprint density at radius 3 is 2.83 bits per heavy atom. The number of nitrogens with zero attached hydrogens (tertiary/aromatic N) is 1. The molecule has 1 heterocycles. The summed E-state index contributed by atoms with van der Waals surface area (Å²) < 4.78 is 22.6. The minimum absolute atomic E-state index is 0.0116. The molecule has 0 bridgehead atoms. The Labute approximate surface area is 73.6 Å². The van der Waals surface area contributed by atoms with Crippen LogP contribution >= 0.6 is 0 Å². The van der Waals surface area contributed by atoms with E-state index >= 15 is 0 Å². The predicted octanol–water partition coefficient (Wildman–Crippen LogP) is -0.936. The fourth-order valence-corrected chi connectivity index (χ4v) is 3.18. The minimum Gasteiger partial charge on any atom is -0.329 e. The van der Waals surface area contributed by atoms with Crippen molar-refractivity contribution in [3.63, 3.8) is 0 Å². The Balaban J connectivity index is 2.72. The van der Waals surface area contributed by atoms with Crippen LogP contribution in [0.1, 0.15) is 6.42 Å². The number of hydrogen-bond acceptors (Lipinski definition) is 4. The second kappa shape index (κ2) is 3.72. The van der Waals surface area contributed by atoms with E-state index in [4.69, 9.17) is 5.73 Å². The Morgan fingerprint density at radius 1 is 1.58 bits per heavy atom. The van der Waals surface area contributed by atoms with E-state index in [0.29, 0.717) is 12.3 Å². The maximum atomic E-state index is 11.3. The van der Waals surface area contributed by atoms with Crippen molar-refractivity contribution < 1.29 is 8.42 Å². The zero-order valence-corrected chi connectivity index (χ0v) is 8.18. The predicted molar refractivity (Wildman–Crippen MR) is 48.7 cm³/mol. The lowest BCUT2D eigenvalue weighted by atomic mass is 10.3. The minimum atomic E-state index is -2.84. The molecule has 0 amide bonds. The smallest absolute Gasteiger partial charge is 0.151 e. The fraction of sp³-hybridized carbons (Fsp3) is 1.00. The molecule has 0 aromatic rings. The van der Waals surface area contributed by atoms with Crippen molar-refractivity contribution >= 4 is 9.84 Å². The maximum absolute atomic E-state index is 11.3. The molecule has 0 radical (unpaired) electrons. The highest BCUT2D eigenvalue weighted by molar-refractivity contribution is 7.91. The molecule has 0 saturated carbocycles. The molecule has 4 nitrogen and oxygen atoms in total. The molecule has 0 spiro atoms. The highest BCUT2D eigenvalue weighted by atomic mass is 32.2. The molecule has 1 aliphatic rings. The van der Waals surface area contributed by atoms with Gasteiger partial charge < -0.3 is 10.6 Å². The quantitative estimate of drug-likeness (QED) is 0.582. The third kappa shape index (κ3) is 2.43. The lowest BCUT2D eigenvalue weighted by Crippen LogP contribution is -2.41. The molecule has 1 fully saturated rings. The summed E-state index contributed by atoms with van der Waals surface area (Å²) in [7, 11) is -0.906. The normalized spacial score (nSPS) is 31.3. The van der Waals surface area contributed by atoms with Gasteiger partial charge in [0.05, 0.1) is 11.5 Å². The standard InChI is InChI=1S/C7H16N2O2S/c1-9-3-2-4-12(10,11)6-7(9)5-8/h7H,2-6,8H2,1H3.